The van der Waals surface area contributed by atoms with E-state index in [1.54, 1.807) is 18.2 Å². The van der Waals surface area contributed by atoms with Crippen LogP contribution in [0.4, 0.5) is 4.79 Å². The number of ether oxygens (including phenoxy) is 1. The number of fused-ring (bicyclic) bond motifs is 1. The fraction of sp³-hybridized carbons (Fsp3) is 0.0833. The molecule has 0 aliphatic heterocycles. The fourth-order valence-electron chi connectivity index (χ4n) is 1.51. The summed E-state index contributed by atoms with van der Waals surface area (Å²) in [4.78, 5) is 22.6. The van der Waals surface area contributed by atoms with Gasteiger partial charge in [-0.3, -0.25) is 4.79 Å². The molecule has 1 aromatic heterocycles. The predicted octanol–water partition coefficient (Wildman–Crippen LogP) is 0.804. The number of nitrogens with two attached hydrogens (primary N) is 1. The Morgan fingerprint density at radius 3 is 3.00 bits per heavy atom. The van der Waals surface area contributed by atoms with Gasteiger partial charge in [-0.1, -0.05) is 0 Å². The van der Waals surface area contributed by atoms with Crippen LogP contribution in [0.15, 0.2) is 38.8 Å². The van der Waals surface area contributed by atoms with Crippen molar-refractivity contribution in [3.05, 3.63) is 40.2 Å². The number of rotatable bonds is 3. The number of urea groups is 1. The molecule has 3 N–H and O–H groups in total. The standard InChI is InChI=1S/C12H11N3O4/c1-18-8-2-3-10-9(4-8)11(16)7(6-19-10)5-14-15-12(13)17/h2-6H,1H3,(H3,13,15,17). The number of methoxy groups -OCH3 is 1. The van der Waals surface area contributed by atoms with E-state index in [9.17, 15) is 9.59 Å². The molecular weight excluding hydrogens is 250 g/mol. The molecule has 0 saturated heterocycles. The molecule has 2 rings (SSSR count). The second-order valence-corrected chi connectivity index (χ2v) is 3.62. The molecular formula is C12H11N3O4. The summed E-state index contributed by atoms with van der Waals surface area (Å²) in [7, 11) is 1.50. The highest BCUT2D eigenvalue weighted by Gasteiger charge is 2.06. The van der Waals surface area contributed by atoms with Gasteiger partial charge in [-0.2, -0.15) is 5.10 Å². The van der Waals surface area contributed by atoms with E-state index in [0.717, 1.165) is 6.21 Å². The van der Waals surface area contributed by atoms with Crippen LogP contribution in [-0.4, -0.2) is 19.4 Å². The monoisotopic (exact) mass is 261 g/mol. The molecule has 0 bridgehead atoms. The molecule has 7 heteroatoms. The van der Waals surface area contributed by atoms with Crippen molar-refractivity contribution in [1.82, 2.24) is 5.43 Å². The van der Waals surface area contributed by atoms with Crippen LogP contribution in [0, 0.1) is 0 Å². The number of nitrogens with zero attached hydrogens (tertiary/aromatic N) is 1. The highest BCUT2D eigenvalue weighted by molar-refractivity contribution is 5.87. The van der Waals surface area contributed by atoms with Crippen molar-refractivity contribution in [2.45, 2.75) is 0 Å². The van der Waals surface area contributed by atoms with Gasteiger partial charge in [-0.05, 0) is 18.2 Å². The average Bonchev–Trinajstić information content (AvgIpc) is 2.41. The maximum Gasteiger partial charge on any atom is 0.332 e. The van der Waals surface area contributed by atoms with E-state index in [0.29, 0.717) is 16.7 Å². The highest BCUT2D eigenvalue weighted by Crippen LogP contribution is 2.18. The minimum atomic E-state index is -0.817. The lowest BCUT2D eigenvalue weighted by Crippen LogP contribution is -2.24. The number of hydrogen-bond donors (Lipinski definition) is 2. The first-order chi connectivity index (χ1) is 9.11. The van der Waals surface area contributed by atoms with Gasteiger partial charge in [-0.15, -0.1) is 0 Å². The fourth-order valence-corrected chi connectivity index (χ4v) is 1.51. The zero-order chi connectivity index (χ0) is 13.8. The van der Waals surface area contributed by atoms with Crippen molar-refractivity contribution in [2.24, 2.45) is 10.8 Å². The minimum absolute atomic E-state index is 0.189. The van der Waals surface area contributed by atoms with Crippen molar-refractivity contribution >= 4 is 23.2 Å². The molecule has 2 aromatic rings. The van der Waals surface area contributed by atoms with Gasteiger partial charge in [0.1, 0.15) is 17.6 Å². The number of carbonyl (C=O) groups is 1. The van der Waals surface area contributed by atoms with Crippen LogP contribution < -0.4 is 21.3 Å². The summed E-state index contributed by atoms with van der Waals surface area (Å²) in [5.41, 5.74) is 7.18. The van der Waals surface area contributed by atoms with Crippen molar-refractivity contribution in [3.63, 3.8) is 0 Å². The van der Waals surface area contributed by atoms with E-state index in [1.807, 2.05) is 5.43 Å². The molecule has 0 saturated carbocycles. The Labute approximate surface area is 107 Å². The Hall–Kier alpha value is -2.83. The van der Waals surface area contributed by atoms with Gasteiger partial charge in [0.05, 0.1) is 24.3 Å². The van der Waals surface area contributed by atoms with E-state index >= 15 is 0 Å². The lowest BCUT2D eigenvalue weighted by atomic mass is 10.2. The van der Waals surface area contributed by atoms with Crippen LogP contribution in [0.1, 0.15) is 5.56 Å². The van der Waals surface area contributed by atoms with Crippen molar-refractivity contribution < 1.29 is 13.9 Å². The zero-order valence-corrected chi connectivity index (χ0v) is 10.0. The van der Waals surface area contributed by atoms with E-state index < -0.39 is 6.03 Å². The Kier molecular flexibility index (Phi) is 3.46. The number of hydrazone groups is 1. The third-order valence-corrected chi connectivity index (χ3v) is 2.38. The summed E-state index contributed by atoms with van der Waals surface area (Å²) in [6, 6.07) is 4.08. The van der Waals surface area contributed by atoms with E-state index in [-0.39, 0.29) is 11.0 Å². The first-order valence-electron chi connectivity index (χ1n) is 5.30. The Morgan fingerprint density at radius 1 is 1.53 bits per heavy atom. The second-order valence-electron chi connectivity index (χ2n) is 3.62. The smallest absolute Gasteiger partial charge is 0.332 e. The quantitative estimate of drug-likeness (QED) is 0.629. The normalized spacial score (nSPS) is 10.8. The Bertz CT molecular complexity index is 706. The van der Waals surface area contributed by atoms with Gasteiger partial charge < -0.3 is 14.9 Å². The Balaban J connectivity index is 2.47. The van der Waals surface area contributed by atoms with Crippen LogP contribution >= 0.6 is 0 Å². The molecule has 0 fully saturated rings. The van der Waals surface area contributed by atoms with Crippen LogP contribution in [0.25, 0.3) is 11.0 Å². The second kappa shape index (κ2) is 5.21. The average molecular weight is 261 g/mol. The number of hydrogen-bond acceptors (Lipinski definition) is 5. The SMILES string of the molecule is COc1ccc2occ(C=NNC(N)=O)c(=O)c2c1. The molecule has 7 nitrogen and oxygen atoms in total. The zero-order valence-electron chi connectivity index (χ0n) is 10.0. The van der Waals surface area contributed by atoms with Gasteiger partial charge in [-0.25, -0.2) is 10.2 Å². The number of amides is 2. The largest absolute Gasteiger partial charge is 0.497 e. The van der Waals surface area contributed by atoms with Gasteiger partial charge in [0.15, 0.2) is 0 Å². The molecule has 0 spiro atoms. The summed E-state index contributed by atoms with van der Waals surface area (Å²) >= 11 is 0. The molecule has 19 heavy (non-hydrogen) atoms. The molecule has 0 radical (unpaired) electrons. The van der Waals surface area contributed by atoms with Crippen molar-refractivity contribution in [3.8, 4) is 5.75 Å². The number of carbonyl (C=O) groups excluding carboxylic acids is 1. The molecule has 2 amide bonds. The summed E-state index contributed by atoms with van der Waals surface area (Å²) < 4.78 is 10.3. The van der Waals surface area contributed by atoms with Crippen LogP contribution in [0.3, 0.4) is 0 Å². The van der Waals surface area contributed by atoms with Gasteiger partial charge in [0, 0.05) is 0 Å². The van der Waals surface area contributed by atoms with Crippen molar-refractivity contribution in [2.75, 3.05) is 7.11 Å². The van der Waals surface area contributed by atoms with Crippen LogP contribution in [0.5, 0.6) is 5.75 Å². The van der Waals surface area contributed by atoms with Crippen LogP contribution in [0.2, 0.25) is 0 Å². The van der Waals surface area contributed by atoms with Crippen LogP contribution in [-0.2, 0) is 0 Å². The first kappa shape index (κ1) is 12.6. The number of primary amides is 1. The first-order valence-corrected chi connectivity index (χ1v) is 5.30. The van der Waals surface area contributed by atoms with Gasteiger partial charge in [0.25, 0.3) is 0 Å². The highest BCUT2D eigenvalue weighted by atomic mass is 16.5. The number of nitrogens with one attached hydrogen (secondary N) is 1. The summed E-state index contributed by atoms with van der Waals surface area (Å²) in [6.45, 7) is 0. The molecule has 1 heterocycles. The summed E-state index contributed by atoms with van der Waals surface area (Å²) in [5.74, 6) is 0.546. The molecule has 1 aromatic carbocycles. The lowest BCUT2D eigenvalue weighted by Gasteiger charge is -2.01. The van der Waals surface area contributed by atoms with E-state index in [2.05, 4.69) is 5.10 Å². The summed E-state index contributed by atoms with van der Waals surface area (Å²) in [5, 5.41) is 3.87. The maximum absolute atomic E-state index is 12.1. The van der Waals surface area contributed by atoms with Crippen molar-refractivity contribution in [1.29, 1.82) is 0 Å². The molecule has 0 aliphatic carbocycles. The minimum Gasteiger partial charge on any atom is -0.497 e. The van der Waals surface area contributed by atoms with E-state index in [1.165, 1.54) is 13.4 Å². The molecule has 0 unspecified atom stereocenters. The maximum atomic E-state index is 12.1. The van der Waals surface area contributed by atoms with E-state index in [4.69, 9.17) is 14.9 Å². The molecule has 0 atom stereocenters. The summed E-state index contributed by atoms with van der Waals surface area (Å²) in [6.07, 6.45) is 2.42. The van der Waals surface area contributed by atoms with Gasteiger partial charge in [0.2, 0.25) is 5.43 Å². The van der Waals surface area contributed by atoms with Gasteiger partial charge >= 0.3 is 6.03 Å². The third-order valence-electron chi connectivity index (χ3n) is 2.38. The lowest BCUT2D eigenvalue weighted by molar-refractivity contribution is 0.249. The predicted molar refractivity (Wildman–Crippen MR) is 69.3 cm³/mol. The molecule has 0 aliphatic rings. The topological polar surface area (TPSA) is 107 Å². The number of benzene rings is 1. The molecule has 98 valence electrons. The Morgan fingerprint density at radius 2 is 2.32 bits per heavy atom. The third kappa shape index (κ3) is 2.71.